The van der Waals surface area contributed by atoms with Crippen LogP contribution >= 0.6 is 23.2 Å². The molecule has 0 spiro atoms. The number of nitrogens with one attached hydrogen (secondary N) is 2. The molecule has 2 aromatic carbocycles. The van der Waals surface area contributed by atoms with Gasteiger partial charge in [-0.2, -0.15) is 0 Å². The van der Waals surface area contributed by atoms with E-state index in [1.54, 1.807) is 0 Å². The summed E-state index contributed by atoms with van der Waals surface area (Å²) in [6.07, 6.45) is 0.950. The second-order valence-electron chi connectivity index (χ2n) is 6.47. The maximum absolute atomic E-state index is 11.0. The molecule has 3 rings (SSSR count). The van der Waals surface area contributed by atoms with Crippen LogP contribution < -0.4 is 16.4 Å². The second kappa shape index (κ2) is 9.74. The maximum Gasteiger partial charge on any atom is 0.211 e. The summed E-state index contributed by atoms with van der Waals surface area (Å²) in [6, 6.07) is 12.2. The van der Waals surface area contributed by atoms with Gasteiger partial charge in [-0.1, -0.05) is 41.4 Å². The minimum atomic E-state index is 0.224. The normalized spacial score (nSPS) is 21.1. The highest BCUT2D eigenvalue weighted by molar-refractivity contribution is 6.31. The minimum Gasteiger partial charge on any atom is -0.372 e. The van der Waals surface area contributed by atoms with Crippen molar-refractivity contribution in [2.45, 2.75) is 31.7 Å². The van der Waals surface area contributed by atoms with E-state index in [0.29, 0.717) is 11.4 Å². The fraction of sp³-hybridized carbons (Fsp3) is 0.300. The van der Waals surface area contributed by atoms with Gasteiger partial charge in [0, 0.05) is 40.2 Å². The average molecular weight is 408 g/mol. The molecule has 1 aliphatic rings. The van der Waals surface area contributed by atoms with Crippen molar-refractivity contribution >= 4 is 41.7 Å². The summed E-state index contributed by atoms with van der Waals surface area (Å²) in [5.41, 5.74) is 8.25. The number of rotatable bonds is 4. The van der Waals surface area contributed by atoms with Gasteiger partial charge in [-0.05, 0) is 48.7 Å². The summed E-state index contributed by atoms with van der Waals surface area (Å²) in [5, 5.41) is 7.75. The number of nitrogens with two attached hydrogens (primary N) is 1. The minimum absolute atomic E-state index is 0.224. The predicted octanol–water partition coefficient (Wildman–Crippen LogP) is 3.83. The van der Waals surface area contributed by atoms with Gasteiger partial charge in [-0.3, -0.25) is 9.59 Å². The zero-order chi connectivity index (χ0) is 20.0. The number of hydrogen-bond donors (Lipinski definition) is 3. The van der Waals surface area contributed by atoms with Crippen LogP contribution in [0.2, 0.25) is 10.0 Å². The smallest absolute Gasteiger partial charge is 0.211 e. The first-order chi connectivity index (χ1) is 12.9. The first kappa shape index (κ1) is 21.2. The second-order valence-corrected chi connectivity index (χ2v) is 7.31. The molecule has 0 aliphatic carbocycles. The van der Waals surface area contributed by atoms with Crippen molar-refractivity contribution in [3.8, 4) is 0 Å². The Balaban J connectivity index is 0.000000817. The molecule has 2 aromatic rings. The van der Waals surface area contributed by atoms with Gasteiger partial charge in [0.1, 0.15) is 0 Å². The van der Waals surface area contributed by atoms with Gasteiger partial charge in [0.2, 0.25) is 12.8 Å². The summed E-state index contributed by atoms with van der Waals surface area (Å²) in [6.45, 7) is 5.02. The molecule has 7 heteroatoms. The summed E-state index contributed by atoms with van der Waals surface area (Å²) in [4.78, 5) is 19.6. The SMILES string of the molecule is Cc1cc([C@H]2[C@@H](c3cccc(Cl)c3)CN[C@@H]2C)c(NC=O)cc1Cl.NC=O. The van der Waals surface area contributed by atoms with Gasteiger partial charge in [-0.15, -0.1) is 0 Å². The van der Waals surface area contributed by atoms with Crippen LogP contribution in [0.5, 0.6) is 0 Å². The monoisotopic (exact) mass is 407 g/mol. The van der Waals surface area contributed by atoms with Crippen molar-refractivity contribution in [1.82, 2.24) is 5.32 Å². The fourth-order valence-corrected chi connectivity index (χ4v) is 3.99. The van der Waals surface area contributed by atoms with Crippen LogP contribution in [0.1, 0.15) is 35.4 Å². The van der Waals surface area contributed by atoms with Crippen molar-refractivity contribution in [2.75, 3.05) is 11.9 Å². The molecule has 0 bridgehead atoms. The largest absolute Gasteiger partial charge is 0.372 e. The van der Waals surface area contributed by atoms with E-state index in [2.05, 4.69) is 35.4 Å². The molecule has 1 saturated heterocycles. The lowest BCUT2D eigenvalue weighted by atomic mass is 9.79. The molecule has 2 amide bonds. The van der Waals surface area contributed by atoms with Crippen molar-refractivity contribution < 1.29 is 9.59 Å². The molecule has 0 saturated carbocycles. The van der Waals surface area contributed by atoms with E-state index in [1.165, 1.54) is 5.56 Å². The number of amides is 2. The van der Waals surface area contributed by atoms with Gasteiger partial charge in [0.25, 0.3) is 0 Å². The maximum atomic E-state index is 11.0. The number of hydrogen-bond acceptors (Lipinski definition) is 3. The molecule has 144 valence electrons. The van der Waals surface area contributed by atoms with Crippen molar-refractivity contribution in [2.24, 2.45) is 5.73 Å². The first-order valence-electron chi connectivity index (χ1n) is 8.57. The summed E-state index contributed by atoms with van der Waals surface area (Å²) in [5.74, 6) is 0.508. The third-order valence-corrected chi connectivity index (χ3v) is 5.46. The van der Waals surface area contributed by atoms with Crippen LogP contribution in [0.25, 0.3) is 0 Å². The summed E-state index contributed by atoms with van der Waals surface area (Å²) in [7, 11) is 0. The Bertz CT molecular complexity index is 814. The van der Waals surface area contributed by atoms with Gasteiger partial charge >= 0.3 is 0 Å². The Hall–Kier alpha value is -2.08. The van der Waals surface area contributed by atoms with Crippen molar-refractivity contribution in [1.29, 1.82) is 0 Å². The Kier molecular flexibility index (Phi) is 7.66. The Morgan fingerprint density at radius 2 is 1.93 bits per heavy atom. The molecule has 1 fully saturated rings. The predicted molar refractivity (Wildman–Crippen MR) is 111 cm³/mol. The molecule has 3 atom stereocenters. The first-order valence-corrected chi connectivity index (χ1v) is 9.33. The number of carbonyl (C=O) groups is 2. The zero-order valence-corrected chi connectivity index (χ0v) is 16.7. The van der Waals surface area contributed by atoms with E-state index in [0.717, 1.165) is 28.4 Å². The van der Waals surface area contributed by atoms with Crippen LogP contribution in [0.4, 0.5) is 5.69 Å². The topological polar surface area (TPSA) is 84.2 Å². The lowest BCUT2D eigenvalue weighted by molar-refractivity contribution is -0.107. The molecular formula is C20H23Cl2N3O2. The van der Waals surface area contributed by atoms with Gasteiger partial charge in [-0.25, -0.2) is 0 Å². The third kappa shape index (κ3) is 5.01. The molecule has 5 nitrogen and oxygen atoms in total. The Labute approximate surface area is 169 Å². The molecule has 1 aliphatic heterocycles. The van der Waals surface area contributed by atoms with Crippen molar-refractivity contribution in [3.05, 3.63) is 63.1 Å². The third-order valence-electron chi connectivity index (χ3n) is 4.81. The number of halogens is 2. The highest BCUT2D eigenvalue weighted by Gasteiger charge is 2.36. The fourth-order valence-electron chi connectivity index (χ4n) is 3.63. The average Bonchev–Trinajstić information content (AvgIpc) is 3.00. The zero-order valence-electron chi connectivity index (χ0n) is 15.2. The van der Waals surface area contributed by atoms with E-state index in [-0.39, 0.29) is 24.3 Å². The number of primary amides is 1. The molecule has 0 aromatic heterocycles. The number of aryl methyl sites for hydroxylation is 1. The Morgan fingerprint density at radius 3 is 2.56 bits per heavy atom. The van der Waals surface area contributed by atoms with Crippen LogP contribution in [0.3, 0.4) is 0 Å². The molecule has 1 heterocycles. The highest BCUT2D eigenvalue weighted by atomic mass is 35.5. The quantitative estimate of drug-likeness (QED) is 0.673. The summed E-state index contributed by atoms with van der Waals surface area (Å²) >= 11 is 12.4. The molecule has 0 unspecified atom stereocenters. The van der Waals surface area contributed by atoms with Crippen LogP contribution in [-0.4, -0.2) is 25.4 Å². The Morgan fingerprint density at radius 1 is 1.22 bits per heavy atom. The van der Waals surface area contributed by atoms with Crippen molar-refractivity contribution in [3.63, 3.8) is 0 Å². The van der Waals surface area contributed by atoms with Gasteiger partial charge in [0.05, 0.1) is 0 Å². The molecule has 27 heavy (non-hydrogen) atoms. The number of anilines is 1. The molecule has 4 N–H and O–H groups in total. The van der Waals surface area contributed by atoms with E-state index >= 15 is 0 Å². The van der Waals surface area contributed by atoms with E-state index in [9.17, 15) is 4.79 Å². The van der Waals surface area contributed by atoms with Crippen LogP contribution in [0.15, 0.2) is 36.4 Å². The lowest BCUT2D eigenvalue weighted by Gasteiger charge is -2.26. The summed E-state index contributed by atoms with van der Waals surface area (Å²) < 4.78 is 0. The number of carbonyl (C=O) groups excluding carboxylic acids is 2. The molecule has 0 radical (unpaired) electrons. The van der Waals surface area contributed by atoms with E-state index in [4.69, 9.17) is 28.0 Å². The standard InChI is InChI=1S/C19H20Cl2N2O.CH3NO/c1-11-6-15(18(23-10-24)8-17(11)21)19-12(2)22-9-16(19)13-4-3-5-14(20)7-13;2-1-3/h3-8,10,12,16,19,22H,9H2,1-2H3,(H,23,24);1H,(H2,2,3)/t12-,16-,19+;/m1./s1. The number of benzene rings is 2. The molecular weight excluding hydrogens is 385 g/mol. The lowest BCUT2D eigenvalue weighted by Crippen LogP contribution is -2.22. The van der Waals surface area contributed by atoms with Gasteiger partial charge < -0.3 is 16.4 Å². The van der Waals surface area contributed by atoms with Gasteiger partial charge in [0.15, 0.2) is 0 Å². The highest BCUT2D eigenvalue weighted by Crippen LogP contribution is 2.43. The van der Waals surface area contributed by atoms with E-state index in [1.807, 2.05) is 31.2 Å². The van der Waals surface area contributed by atoms with E-state index < -0.39 is 0 Å². The van der Waals surface area contributed by atoms with Crippen LogP contribution in [-0.2, 0) is 9.59 Å². The van der Waals surface area contributed by atoms with Crippen LogP contribution in [0, 0.1) is 6.92 Å².